The molecule has 1 aromatic carbocycles. The van der Waals surface area contributed by atoms with E-state index in [9.17, 15) is 13.6 Å². The van der Waals surface area contributed by atoms with E-state index in [0.717, 1.165) is 4.90 Å². The lowest BCUT2D eigenvalue weighted by atomic mass is 10.1. The van der Waals surface area contributed by atoms with Crippen molar-refractivity contribution in [3.05, 3.63) is 23.8 Å². The van der Waals surface area contributed by atoms with Gasteiger partial charge in [-0.1, -0.05) is 0 Å². The maximum atomic E-state index is 12.1. The van der Waals surface area contributed by atoms with Crippen LogP contribution in [-0.2, 0) is 0 Å². The van der Waals surface area contributed by atoms with Crippen LogP contribution in [0.15, 0.2) is 18.2 Å². The monoisotopic (exact) mass is 244 g/mol. The van der Waals surface area contributed by atoms with E-state index in [-0.39, 0.29) is 11.3 Å². The van der Waals surface area contributed by atoms with Crippen molar-refractivity contribution >= 4 is 11.6 Å². The number of carbonyl (C=O) groups excluding carboxylic acids is 1. The highest BCUT2D eigenvalue weighted by molar-refractivity contribution is 5.99. The predicted molar refractivity (Wildman–Crippen MR) is 60.4 cm³/mol. The summed E-state index contributed by atoms with van der Waals surface area (Å²) in [5.41, 5.74) is 6.04. The lowest BCUT2D eigenvalue weighted by molar-refractivity contribution is 0.0621. The Kier molecular flexibility index (Phi) is 4.25. The molecule has 0 saturated heterocycles. The van der Waals surface area contributed by atoms with Gasteiger partial charge >= 0.3 is 0 Å². The topological polar surface area (TPSA) is 55.6 Å². The number of hydrogen-bond acceptors (Lipinski definition) is 3. The van der Waals surface area contributed by atoms with Crippen LogP contribution in [0.4, 0.5) is 14.5 Å². The number of nitrogens with two attached hydrogens (primary N) is 1. The van der Waals surface area contributed by atoms with Crippen LogP contribution in [0, 0.1) is 0 Å². The minimum atomic E-state index is -2.57. The molecular formula is C11H14F2N2O2. The highest BCUT2D eigenvalue weighted by atomic mass is 19.3. The van der Waals surface area contributed by atoms with Crippen LogP contribution in [0.25, 0.3) is 0 Å². The minimum absolute atomic E-state index is 0.189. The number of alkyl halides is 2. The van der Waals surface area contributed by atoms with Crippen molar-refractivity contribution in [1.82, 2.24) is 4.90 Å². The van der Waals surface area contributed by atoms with Gasteiger partial charge in [-0.3, -0.25) is 4.79 Å². The summed E-state index contributed by atoms with van der Waals surface area (Å²) >= 11 is 0. The Bertz CT molecular complexity index is 410. The van der Waals surface area contributed by atoms with Crippen molar-refractivity contribution in [1.29, 1.82) is 0 Å². The van der Waals surface area contributed by atoms with Crippen LogP contribution < -0.4 is 10.5 Å². The third-order valence-corrected chi connectivity index (χ3v) is 2.25. The number of ether oxygens (including phenoxy) is 1. The smallest absolute Gasteiger partial charge is 0.255 e. The SMILES string of the molecule is COc1ccc(C(=O)N(C)CC(F)F)c(N)c1. The number of methoxy groups -OCH3 is 1. The molecule has 4 nitrogen and oxygen atoms in total. The molecule has 0 aliphatic heterocycles. The van der Waals surface area contributed by atoms with Gasteiger partial charge in [-0.15, -0.1) is 0 Å². The first-order valence-corrected chi connectivity index (χ1v) is 4.92. The van der Waals surface area contributed by atoms with Gasteiger partial charge in [0.25, 0.3) is 12.3 Å². The molecule has 1 rings (SSSR count). The van der Waals surface area contributed by atoms with Crippen LogP contribution >= 0.6 is 0 Å². The molecule has 0 saturated carbocycles. The molecule has 0 atom stereocenters. The maximum Gasteiger partial charge on any atom is 0.255 e. The Hall–Kier alpha value is -1.85. The van der Waals surface area contributed by atoms with Gasteiger partial charge < -0.3 is 15.4 Å². The van der Waals surface area contributed by atoms with Gasteiger partial charge in [0.2, 0.25) is 0 Å². The van der Waals surface area contributed by atoms with E-state index in [1.165, 1.54) is 26.3 Å². The van der Waals surface area contributed by atoms with Crippen LogP contribution in [0.3, 0.4) is 0 Å². The Morgan fingerprint density at radius 2 is 2.18 bits per heavy atom. The van der Waals surface area contributed by atoms with E-state index in [2.05, 4.69) is 0 Å². The number of nitrogens with zero attached hydrogens (tertiary/aromatic N) is 1. The minimum Gasteiger partial charge on any atom is -0.497 e. The Labute approximate surface area is 98.0 Å². The highest BCUT2D eigenvalue weighted by Crippen LogP contribution is 2.20. The second kappa shape index (κ2) is 5.47. The van der Waals surface area contributed by atoms with Gasteiger partial charge in [-0.25, -0.2) is 8.78 Å². The van der Waals surface area contributed by atoms with Crippen LogP contribution in [0.5, 0.6) is 5.75 Å². The molecule has 0 spiro atoms. The van der Waals surface area contributed by atoms with Crippen molar-refractivity contribution in [2.75, 3.05) is 26.4 Å². The number of amides is 1. The number of anilines is 1. The first-order valence-electron chi connectivity index (χ1n) is 4.92. The maximum absolute atomic E-state index is 12.1. The number of hydrogen-bond donors (Lipinski definition) is 1. The average Bonchev–Trinajstić information content (AvgIpc) is 2.27. The molecule has 17 heavy (non-hydrogen) atoms. The first-order chi connectivity index (χ1) is 7.95. The predicted octanol–water partition coefficient (Wildman–Crippen LogP) is 1.61. The van der Waals surface area contributed by atoms with E-state index < -0.39 is 18.9 Å². The summed E-state index contributed by atoms with van der Waals surface area (Å²) in [6.07, 6.45) is -2.57. The molecule has 0 unspecified atom stereocenters. The van der Waals surface area contributed by atoms with Gasteiger partial charge in [-0.2, -0.15) is 0 Å². The van der Waals surface area contributed by atoms with Crippen molar-refractivity contribution in [2.45, 2.75) is 6.43 Å². The third-order valence-electron chi connectivity index (χ3n) is 2.25. The van der Waals surface area contributed by atoms with Gasteiger partial charge in [0.1, 0.15) is 5.75 Å². The van der Waals surface area contributed by atoms with Crippen molar-refractivity contribution < 1.29 is 18.3 Å². The third kappa shape index (κ3) is 3.30. The largest absolute Gasteiger partial charge is 0.497 e. The lowest BCUT2D eigenvalue weighted by Crippen LogP contribution is -2.31. The Balaban J connectivity index is 2.89. The van der Waals surface area contributed by atoms with Crippen LogP contribution in [0.1, 0.15) is 10.4 Å². The normalized spacial score (nSPS) is 10.4. The van der Waals surface area contributed by atoms with Gasteiger partial charge in [-0.05, 0) is 12.1 Å². The molecule has 0 aliphatic rings. The molecule has 1 amide bonds. The van der Waals surface area contributed by atoms with Crippen LogP contribution in [0.2, 0.25) is 0 Å². The highest BCUT2D eigenvalue weighted by Gasteiger charge is 2.18. The number of benzene rings is 1. The van der Waals surface area contributed by atoms with Crippen molar-refractivity contribution in [3.63, 3.8) is 0 Å². The second-order valence-electron chi connectivity index (χ2n) is 3.53. The van der Waals surface area contributed by atoms with Gasteiger partial charge in [0.05, 0.1) is 19.2 Å². The summed E-state index contributed by atoms with van der Waals surface area (Å²) in [6.45, 7) is -0.621. The molecular weight excluding hydrogens is 230 g/mol. The van der Waals surface area contributed by atoms with Crippen LogP contribution in [-0.4, -0.2) is 37.9 Å². The quantitative estimate of drug-likeness (QED) is 0.819. The fourth-order valence-corrected chi connectivity index (χ4v) is 1.36. The fraction of sp³-hybridized carbons (Fsp3) is 0.364. The average molecular weight is 244 g/mol. The number of nitrogen functional groups attached to an aromatic ring is 1. The van der Waals surface area contributed by atoms with Crippen molar-refractivity contribution in [2.24, 2.45) is 0 Å². The summed E-state index contributed by atoms with van der Waals surface area (Å²) in [5, 5.41) is 0. The molecule has 0 radical (unpaired) electrons. The second-order valence-corrected chi connectivity index (χ2v) is 3.53. The summed E-state index contributed by atoms with van der Waals surface area (Å²) < 4.78 is 29.2. The number of rotatable bonds is 4. The molecule has 0 aliphatic carbocycles. The molecule has 2 N–H and O–H groups in total. The lowest BCUT2D eigenvalue weighted by Gasteiger charge is -2.17. The molecule has 0 heterocycles. The van der Waals surface area contributed by atoms with Gasteiger partial charge in [0.15, 0.2) is 0 Å². The molecule has 94 valence electrons. The summed E-state index contributed by atoms with van der Waals surface area (Å²) in [5.74, 6) is -0.0268. The summed E-state index contributed by atoms with van der Waals surface area (Å²) in [6, 6.07) is 4.49. The van der Waals surface area contributed by atoms with E-state index in [1.54, 1.807) is 6.07 Å². The number of carbonyl (C=O) groups is 1. The number of halogens is 2. The standard InChI is InChI=1S/C11H14F2N2O2/c1-15(6-10(12)13)11(16)8-4-3-7(17-2)5-9(8)14/h3-5,10H,6,14H2,1-2H3. The van der Waals surface area contributed by atoms with Gasteiger partial charge in [0, 0.05) is 18.8 Å². The molecule has 1 aromatic rings. The Morgan fingerprint density at radius 3 is 2.65 bits per heavy atom. The molecule has 0 fully saturated rings. The molecule has 6 heteroatoms. The molecule has 0 bridgehead atoms. The van der Waals surface area contributed by atoms with E-state index in [0.29, 0.717) is 5.75 Å². The van der Waals surface area contributed by atoms with E-state index in [1.807, 2.05) is 0 Å². The van der Waals surface area contributed by atoms with Crippen molar-refractivity contribution in [3.8, 4) is 5.75 Å². The molecule has 0 aromatic heterocycles. The summed E-state index contributed by atoms with van der Waals surface area (Å²) in [7, 11) is 2.78. The Morgan fingerprint density at radius 1 is 1.53 bits per heavy atom. The zero-order valence-electron chi connectivity index (χ0n) is 9.61. The first kappa shape index (κ1) is 13.2. The zero-order chi connectivity index (χ0) is 13.0. The summed E-state index contributed by atoms with van der Waals surface area (Å²) in [4.78, 5) is 12.7. The van der Waals surface area contributed by atoms with E-state index >= 15 is 0 Å². The fourth-order valence-electron chi connectivity index (χ4n) is 1.36. The van der Waals surface area contributed by atoms with E-state index in [4.69, 9.17) is 10.5 Å². The zero-order valence-corrected chi connectivity index (χ0v) is 9.61.